The third-order valence-corrected chi connectivity index (χ3v) is 2.93. The van der Waals surface area contributed by atoms with Gasteiger partial charge in [-0.05, 0) is 18.8 Å². The summed E-state index contributed by atoms with van der Waals surface area (Å²) in [6.45, 7) is 8.57. The zero-order valence-electron chi connectivity index (χ0n) is 10.5. The lowest BCUT2D eigenvalue weighted by Gasteiger charge is -2.32. The molecule has 1 aromatic rings. The highest BCUT2D eigenvalue weighted by atomic mass is 16.5. The normalized spacial score (nSPS) is 25.0. The van der Waals surface area contributed by atoms with E-state index in [1.54, 1.807) is 12.4 Å². The minimum absolute atomic E-state index is 0.00349. The first-order valence-electron chi connectivity index (χ1n) is 5.94. The Labute approximate surface area is 97.3 Å². The van der Waals surface area contributed by atoms with E-state index in [1.165, 1.54) is 0 Å². The van der Waals surface area contributed by atoms with Gasteiger partial charge in [0.1, 0.15) is 5.82 Å². The van der Waals surface area contributed by atoms with Crippen LogP contribution in [0, 0.1) is 5.92 Å². The molecule has 1 fully saturated rings. The van der Waals surface area contributed by atoms with Gasteiger partial charge in [0.05, 0.1) is 18.5 Å². The van der Waals surface area contributed by atoms with Crippen molar-refractivity contribution >= 4 is 0 Å². The van der Waals surface area contributed by atoms with E-state index >= 15 is 0 Å². The Balaban J connectivity index is 1.97. The smallest absolute Gasteiger partial charge is 0.156 e. The third kappa shape index (κ3) is 2.52. The van der Waals surface area contributed by atoms with Crippen LogP contribution < -0.4 is 4.74 Å². The second-order valence-electron chi connectivity index (χ2n) is 5.81. The Kier molecular flexibility index (Phi) is 2.87. The van der Waals surface area contributed by atoms with Gasteiger partial charge in [-0.1, -0.05) is 27.7 Å². The van der Waals surface area contributed by atoms with Gasteiger partial charge in [-0.2, -0.15) is 0 Å². The molecule has 0 radical (unpaired) electrons. The Morgan fingerprint density at radius 2 is 1.75 bits per heavy atom. The molecule has 0 saturated heterocycles. The van der Waals surface area contributed by atoms with Gasteiger partial charge >= 0.3 is 0 Å². The number of ether oxygens (including phenoxy) is 1. The SMILES string of the molecule is CC1CC(Oc2cnc(C(C)(C)C)nc2)C1. The van der Waals surface area contributed by atoms with Crippen LogP contribution in [0.5, 0.6) is 5.75 Å². The highest BCUT2D eigenvalue weighted by Gasteiger charge is 2.27. The van der Waals surface area contributed by atoms with Crippen molar-refractivity contribution in [3.05, 3.63) is 18.2 Å². The highest BCUT2D eigenvalue weighted by Crippen LogP contribution is 2.30. The molecule has 1 aliphatic carbocycles. The molecule has 16 heavy (non-hydrogen) atoms. The van der Waals surface area contributed by atoms with Crippen molar-refractivity contribution in [1.29, 1.82) is 0 Å². The standard InChI is InChI=1S/C13H20N2O/c1-9-5-10(6-9)16-11-7-14-12(15-8-11)13(2,3)4/h7-10H,5-6H2,1-4H3. The lowest BCUT2D eigenvalue weighted by Crippen LogP contribution is -2.32. The summed E-state index contributed by atoms with van der Waals surface area (Å²) in [5.74, 6) is 2.46. The molecule has 1 saturated carbocycles. The fraction of sp³-hybridized carbons (Fsp3) is 0.692. The molecule has 0 spiro atoms. The average molecular weight is 220 g/mol. The quantitative estimate of drug-likeness (QED) is 0.768. The molecule has 3 heteroatoms. The van der Waals surface area contributed by atoms with Gasteiger partial charge in [-0.15, -0.1) is 0 Å². The zero-order chi connectivity index (χ0) is 11.8. The Hall–Kier alpha value is -1.12. The monoisotopic (exact) mass is 220 g/mol. The van der Waals surface area contributed by atoms with Crippen LogP contribution in [0.2, 0.25) is 0 Å². The van der Waals surface area contributed by atoms with Gasteiger partial charge in [0.25, 0.3) is 0 Å². The van der Waals surface area contributed by atoms with Crippen molar-refractivity contribution in [2.24, 2.45) is 5.92 Å². The van der Waals surface area contributed by atoms with E-state index in [4.69, 9.17) is 4.74 Å². The maximum absolute atomic E-state index is 5.76. The Morgan fingerprint density at radius 3 is 2.19 bits per heavy atom. The van der Waals surface area contributed by atoms with Gasteiger partial charge in [0.2, 0.25) is 0 Å². The maximum atomic E-state index is 5.76. The van der Waals surface area contributed by atoms with Crippen LogP contribution in [0.1, 0.15) is 46.4 Å². The minimum atomic E-state index is 0.00349. The van der Waals surface area contributed by atoms with Gasteiger partial charge in [0.15, 0.2) is 5.75 Å². The van der Waals surface area contributed by atoms with Gasteiger partial charge < -0.3 is 4.74 Å². The largest absolute Gasteiger partial charge is 0.487 e. The molecule has 0 unspecified atom stereocenters. The van der Waals surface area contributed by atoms with Crippen molar-refractivity contribution in [2.75, 3.05) is 0 Å². The lowest BCUT2D eigenvalue weighted by molar-refractivity contribution is 0.0730. The molecule has 0 bridgehead atoms. The number of rotatable bonds is 2. The fourth-order valence-electron chi connectivity index (χ4n) is 1.88. The molecule has 0 aromatic carbocycles. The second kappa shape index (κ2) is 4.04. The summed E-state index contributed by atoms with van der Waals surface area (Å²) in [6.07, 6.45) is 6.26. The van der Waals surface area contributed by atoms with Crippen molar-refractivity contribution in [3.8, 4) is 5.75 Å². The molecule has 0 atom stereocenters. The second-order valence-corrected chi connectivity index (χ2v) is 5.81. The van der Waals surface area contributed by atoms with Gasteiger partial charge in [-0.3, -0.25) is 0 Å². The molecule has 0 aliphatic heterocycles. The topological polar surface area (TPSA) is 35.0 Å². The molecule has 0 amide bonds. The van der Waals surface area contributed by atoms with E-state index in [0.717, 1.165) is 30.3 Å². The molecule has 1 aromatic heterocycles. The van der Waals surface area contributed by atoms with E-state index in [1.807, 2.05) is 0 Å². The summed E-state index contributed by atoms with van der Waals surface area (Å²) in [5.41, 5.74) is 0.00349. The minimum Gasteiger partial charge on any atom is -0.487 e. The van der Waals surface area contributed by atoms with Crippen LogP contribution in [0.15, 0.2) is 12.4 Å². The molecular weight excluding hydrogens is 200 g/mol. The molecular formula is C13H20N2O. The molecule has 1 heterocycles. The lowest BCUT2D eigenvalue weighted by atomic mass is 9.84. The Bertz CT molecular complexity index is 347. The van der Waals surface area contributed by atoms with E-state index in [9.17, 15) is 0 Å². The van der Waals surface area contributed by atoms with Crippen molar-refractivity contribution in [3.63, 3.8) is 0 Å². The zero-order valence-corrected chi connectivity index (χ0v) is 10.5. The summed E-state index contributed by atoms with van der Waals surface area (Å²) in [4.78, 5) is 8.69. The van der Waals surface area contributed by atoms with Crippen LogP contribution in [0.25, 0.3) is 0 Å². The summed E-state index contributed by atoms with van der Waals surface area (Å²) in [7, 11) is 0. The van der Waals surface area contributed by atoms with E-state index in [0.29, 0.717) is 6.10 Å². The summed E-state index contributed by atoms with van der Waals surface area (Å²) >= 11 is 0. The fourth-order valence-corrected chi connectivity index (χ4v) is 1.88. The van der Waals surface area contributed by atoms with Crippen molar-refractivity contribution in [2.45, 2.75) is 52.1 Å². The predicted molar refractivity (Wildman–Crippen MR) is 63.5 cm³/mol. The van der Waals surface area contributed by atoms with Crippen molar-refractivity contribution in [1.82, 2.24) is 9.97 Å². The first kappa shape index (κ1) is 11.4. The van der Waals surface area contributed by atoms with Crippen LogP contribution in [0.3, 0.4) is 0 Å². The van der Waals surface area contributed by atoms with Gasteiger partial charge in [0, 0.05) is 5.41 Å². The first-order chi connectivity index (χ1) is 7.45. The first-order valence-corrected chi connectivity index (χ1v) is 5.94. The van der Waals surface area contributed by atoms with E-state index < -0.39 is 0 Å². The number of hydrogen-bond donors (Lipinski definition) is 0. The van der Waals surface area contributed by atoms with Crippen LogP contribution in [-0.2, 0) is 5.41 Å². The highest BCUT2D eigenvalue weighted by molar-refractivity contribution is 5.15. The third-order valence-electron chi connectivity index (χ3n) is 2.93. The molecule has 0 N–H and O–H groups in total. The van der Waals surface area contributed by atoms with Crippen LogP contribution in [0.4, 0.5) is 0 Å². The summed E-state index contributed by atoms with van der Waals surface area (Å²) in [6, 6.07) is 0. The van der Waals surface area contributed by atoms with Gasteiger partial charge in [-0.25, -0.2) is 9.97 Å². The average Bonchev–Trinajstić information content (AvgIpc) is 2.15. The number of aromatic nitrogens is 2. The van der Waals surface area contributed by atoms with Crippen LogP contribution >= 0.6 is 0 Å². The maximum Gasteiger partial charge on any atom is 0.156 e. The van der Waals surface area contributed by atoms with E-state index in [2.05, 4.69) is 37.7 Å². The summed E-state index contributed by atoms with van der Waals surface area (Å²) in [5, 5.41) is 0. The van der Waals surface area contributed by atoms with E-state index in [-0.39, 0.29) is 5.41 Å². The number of nitrogens with zero attached hydrogens (tertiary/aromatic N) is 2. The van der Waals surface area contributed by atoms with Crippen molar-refractivity contribution < 1.29 is 4.74 Å². The molecule has 3 nitrogen and oxygen atoms in total. The summed E-state index contributed by atoms with van der Waals surface area (Å²) < 4.78 is 5.76. The predicted octanol–water partition coefficient (Wildman–Crippen LogP) is 2.95. The van der Waals surface area contributed by atoms with Crippen LogP contribution in [-0.4, -0.2) is 16.1 Å². The number of hydrogen-bond acceptors (Lipinski definition) is 3. The molecule has 1 aliphatic rings. The Morgan fingerprint density at radius 1 is 1.19 bits per heavy atom. The molecule has 2 rings (SSSR count). The molecule has 88 valence electrons.